The van der Waals surface area contributed by atoms with E-state index in [0.717, 1.165) is 0 Å². The van der Waals surface area contributed by atoms with Crippen LogP contribution >= 0.6 is 34.8 Å². The second-order valence-electron chi connectivity index (χ2n) is 1.33. The summed E-state index contributed by atoms with van der Waals surface area (Å²) in [6.07, 6.45) is -3.03. The van der Waals surface area contributed by atoms with Crippen LogP contribution in [0.15, 0.2) is 0 Å². The van der Waals surface area contributed by atoms with Gasteiger partial charge in [0.2, 0.25) is 0 Å². The minimum atomic E-state index is -4.14. The van der Waals surface area contributed by atoms with Crippen molar-refractivity contribution in [1.82, 2.24) is 0 Å². The second kappa shape index (κ2) is 2.91. The molecule has 7 heteroatoms. The smallest absolute Gasteiger partial charge is 0.212 e. The van der Waals surface area contributed by atoms with Gasteiger partial charge in [0.1, 0.15) is 0 Å². The highest BCUT2D eigenvalue weighted by Crippen LogP contribution is 2.48. The van der Waals surface area contributed by atoms with Crippen molar-refractivity contribution in [2.75, 3.05) is 0 Å². The Kier molecular flexibility index (Phi) is 3.08. The number of hydrogen-bond donors (Lipinski definition) is 0. The highest BCUT2D eigenvalue weighted by Gasteiger charge is 2.59. The van der Waals surface area contributed by atoms with E-state index in [1.165, 1.54) is 0 Å². The maximum absolute atomic E-state index is 12.1. The topological polar surface area (TPSA) is 0 Å². The molecule has 0 rings (SSSR count). The lowest BCUT2D eigenvalue weighted by Gasteiger charge is -2.21. The molecule has 0 spiro atoms. The summed E-state index contributed by atoms with van der Waals surface area (Å²) in [5.74, 6) is 0. The third-order valence-corrected chi connectivity index (χ3v) is 1.71. The lowest BCUT2D eigenvalue weighted by atomic mass is 10.4. The summed E-state index contributed by atoms with van der Waals surface area (Å²) in [5.41, 5.74) is 0. The van der Waals surface area contributed by atoms with Crippen LogP contribution in [0, 0.1) is 6.43 Å². The fraction of sp³-hybridized carbons (Fsp3) is 0.667. The lowest BCUT2D eigenvalue weighted by molar-refractivity contribution is 0.0674. The van der Waals surface area contributed by atoms with Gasteiger partial charge in [-0.05, 0) is 0 Å². The zero-order valence-electron chi connectivity index (χ0n) is 4.15. The van der Waals surface area contributed by atoms with Crippen molar-refractivity contribution in [1.29, 1.82) is 0 Å². The molecule has 1 radical (unpaired) electrons. The van der Waals surface area contributed by atoms with Gasteiger partial charge in [-0.15, -0.1) is 0 Å². The van der Waals surface area contributed by atoms with E-state index in [1.807, 2.05) is 0 Å². The van der Waals surface area contributed by atoms with E-state index in [2.05, 4.69) is 34.8 Å². The third kappa shape index (κ3) is 2.04. The minimum Gasteiger partial charge on any atom is -0.212 e. The summed E-state index contributed by atoms with van der Waals surface area (Å²) >= 11 is 12.9. The molecule has 0 aromatic rings. The molecule has 10 heavy (non-hydrogen) atoms. The zero-order chi connectivity index (χ0) is 8.58. The second-order valence-corrected chi connectivity index (χ2v) is 3.09. The molecule has 0 aliphatic heterocycles. The summed E-state index contributed by atoms with van der Waals surface area (Å²) in [4.78, 5) is 0. The monoisotopic (exact) mass is 217 g/mol. The van der Waals surface area contributed by atoms with Crippen LogP contribution in [0.25, 0.3) is 0 Å². The molecule has 0 saturated heterocycles. The molecule has 0 fully saturated rings. The molecular weight excluding hydrogens is 218 g/mol. The van der Waals surface area contributed by atoms with Gasteiger partial charge in [-0.25, -0.2) is 8.78 Å². The van der Waals surface area contributed by atoms with Crippen LogP contribution in [-0.4, -0.2) is 9.72 Å². The summed E-state index contributed by atoms with van der Waals surface area (Å²) in [6, 6.07) is 0. The van der Waals surface area contributed by atoms with Gasteiger partial charge in [0.05, 0.1) is 0 Å². The molecule has 0 N–H and O–H groups in total. The van der Waals surface area contributed by atoms with E-state index in [4.69, 9.17) is 0 Å². The molecule has 61 valence electrons. The first-order valence-electron chi connectivity index (χ1n) is 1.82. The van der Waals surface area contributed by atoms with E-state index in [-0.39, 0.29) is 0 Å². The molecule has 0 aliphatic rings. The van der Waals surface area contributed by atoms with Crippen molar-refractivity contribution in [2.24, 2.45) is 0 Å². The average Bonchev–Trinajstić information content (AvgIpc) is 1.62. The van der Waals surface area contributed by atoms with Crippen LogP contribution in [0.5, 0.6) is 0 Å². The normalized spacial score (nSPS) is 19.2. The highest BCUT2D eigenvalue weighted by molar-refractivity contribution is 6.52. The molecule has 1 atom stereocenters. The highest BCUT2D eigenvalue weighted by atomic mass is 35.5. The van der Waals surface area contributed by atoms with E-state index in [1.54, 1.807) is 0 Å². The molecule has 0 saturated carbocycles. The molecule has 0 nitrogen and oxygen atoms in total. The maximum Gasteiger partial charge on any atom is 0.367 e. The van der Waals surface area contributed by atoms with Gasteiger partial charge in [-0.3, -0.25) is 0 Å². The number of hydrogen-bond acceptors (Lipinski definition) is 0. The Morgan fingerprint density at radius 1 is 1.00 bits per heavy atom. The molecule has 0 aromatic heterocycles. The van der Waals surface area contributed by atoms with Crippen LogP contribution < -0.4 is 0 Å². The summed E-state index contributed by atoms with van der Waals surface area (Å²) in [5, 5.41) is -4.14. The lowest BCUT2D eigenvalue weighted by Crippen LogP contribution is -2.36. The van der Waals surface area contributed by atoms with Crippen LogP contribution in [0.2, 0.25) is 0 Å². The zero-order valence-corrected chi connectivity index (χ0v) is 6.41. The van der Waals surface area contributed by atoms with Crippen LogP contribution in [0.3, 0.4) is 0 Å². The average molecular weight is 218 g/mol. The van der Waals surface area contributed by atoms with Gasteiger partial charge in [-0.1, -0.05) is 34.8 Å². The third-order valence-electron chi connectivity index (χ3n) is 0.593. The van der Waals surface area contributed by atoms with Crippen LogP contribution in [0.1, 0.15) is 0 Å². The Hall–Kier alpha value is 0.590. The first-order chi connectivity index (χ1) is 4.19. The quantitative estimate of drug-likeness (QED) is 0.492. The molecule has 0 heterocycles. The Labute approximate surface area is 69.0 Å². The van der Waals surface area contributed by atoms with E-state index >= 15 is 0 Å². The largest absolute Gasteiger partial charge is 0.367 e. The van der Waals surface area contributed by atoms with Gasteiger partial charge < -0.3 is 0 Å². The molecule has 1 unspecified atom stereocenters. The Morgan fingerprint density at radius 2 is 1.30 bits per heavy atom. The first-order valence-corrected chi connectivity index (χ1v) is 2.96. The Balaban J connectivity index is 4.40. The minimum absolute atomic E-state index is 3.03. The summed E-state index contributed by atoms with van der Waals surface area (Å²) < 4.78 is 42.8. The summed E-state index contributed by atoms with van der Waals surface area (Å²) in [7, 11) is 0. The van der Waals surface area contributed by atoms with Crippen molar-refractivity contribution in [3.8, 4) is 0 Å². The number of alkyl halides is 5. The van der Waals surface area contributed by atoms with Crippen LogP contribution in [-0.2, 0) is 0 Å². The van der Waals surface area contributed by atoms with Gasteiger partial charge in [0.25, 0.3) is 0 Å². The molecule has 0 amide bonds. The van der Waals surface area contributed by atoms with E-state index in [9.17, 15) is 17.6 Å². The number of rotatable bonds is 2. The van der Waals surface area contributed by atoms with Crippen molar-refractivity contribution in [3.63, 3.8) is 0 Å². The van der Waals surface area contributed by atoms with Gasteiger partial charge in [0.15, 0.2) is 0 Å². The standard InChI is InChI=1S/C3Cl3F4/c4-2(9,1(7)8)3(5,6)10. The summed E-state index contributed by atoms with van der Waals surface area (Å²) in [6.45, 7) is 0. The van der Waals surface area contributed by atoms with Gasteiger partial charge in [0, 0.05) is 0 Å². The predicted molar refractivity (Wildman–Crippen MR) is 30.7 cm³/mol. The SMILES string of the molecule is F[C](F)C(F)(Cl)C(F)(Cl)Cl. The van der Waals surface area contributed by atoms with Crippen molar-refractivity contribution in [3.05, 3.63) is 6.43 Å². The maximum atomic E-state index is 12.1. The van der Waals surface area contributed by atoms with Crippen molar-refractivity contribution in [2.45, 2.75) is 9.72 Å². The van der Waals surface area contributed by atoms with E-state index < -0.39 is 16.1 Å². The molecule has 0 bridgehead atoms. The van der Waals surface area contributed by atoms with Crippen molar-refractivity contribution < 1.29 is 17.6 Å². The predicted octanol–water partition coefficient (Wildman–Crippen LogP) is 3.42. The first kappa shape index (κ1) is 10.6. The molecule has 0 aromatic carbocycles. The van der Waals surface area contributed by atoms with Crippen molar-refractivity contribution >= 4 is 34.8 Å². The molecular formula is C3Cl3F4. The van der Waals surface area contributed by atoms with Gasteiger partial charge in [-0.2, -0.15) is 8.78 Å². The fourth-order valence-electron chi connectivity index (χ4n) is 0.107. The van der Waals surface area contributed by atoms with E-state index in [0.29, 0.717) is 0 Å². The van der Waals surface area contributed by atoms with Crippen LogP contribution in [0.4, 0.5) is 17.6 Å². The van der Waals surface area contributed by atoms with Gasteiger partial charge >= 0.3 is 16.1 Å². The molecule has 0 aliphatic carbocycles. The Bertz CT molecular complexity index is 117. The number of halogens is 7. The fourth-order valence-corrected chi connectivity index (χ4v) is 0.250. The Morgan fingerprint density at radius 3 is 1.30 bits per heavy atom.